The highest BCUT2D eigenvalue weighted by Crippen LogP contribution is 2.30. The fourth-order valence-corrected chi connectivity index (χ4v) is 3.75. The van der Waals surface area contributed by atoms with Gasteiger partial charge in [-0.15, -0.1) is 0 Å². The first-order valence-electron chi connectivity index (χ1n) is 6.72. The minimum absolute atomic E-state index is 0.0414. The molecule has 1 aromatic rings. The SMILES string of the molecule is Cc1cc(C)c(NC(=O)CN(C2CC2)S(C)(=O)=O)c(Cl)c1. The number of aryl methyl sites for hydroxylation is 2. The minimum Gasteiger partial charge on any atom is -0.323 e. The van der Waals surface area contributed by atoms with Crippen molar-refractivity contribution in [3.8, 4) is 0 Å². The average molecular weight is 331 g/mol. The van der Waals surface area contributed by atoms with E-state index in [1.54, 1.807) is 6.07 Å². The summed E-state index contributed by atoms with van der Waals surface area (Å²) in [5.41, 5.74) is 2.40. The van der Waals surface area contributed by atoms with Gasteiger partial charge in [-0.1, -0.05) is 17.7 Å². The predicted octanol–water partition coefficient (Wildman–Crippen LogP) is 2.32. The summed E-state index contributed by atoms with van der Waals surface area (Å²) in [6.07, 6.45) is 2.75. The number of carbonyl (C=O) groups excluding carboxylic acids is 1. The fourth-order valence-electron chi connectivity index (χ4n) is 2.27. The van der Waals surface area contributed by atoms with Gasteiger partial charge in [0, 0.05) is 6.04 Å². The van der Waals surface area contributed by atoms with Crippen LogP contribution in [-0.4, -0.2) is 37.5 Å². The Bertz CT molecular complexity index is 646. The van der Waals surface area contributed by atoms with Crippen molar-refractivity contribution in [1.82, 2.24) is 4.31 Å². The summed E-state index contributed by atoms with van der Waals surface area (Å²) in [5, 5.41) is 3.17. The summed E-state index contributed by atoms with van der Waals surface area (Å²) >= 11 is 6.13. The summed E-state index contributed by atoms with van der Waals surface area (Å²) in [7, 11) is -3.38. The lowest BCUT2D eigenvalue weighted by molar-refractivity contribution is -0.116. The number of nitrogens with zero attached hydrogens (tertiary/aromatic N) is 1. The molecule has 0 bridgehead atoms. The number of rotatable bonds is 5. The molecule has 1 N–H and O–H groups in total. The standard InChI is InChI=1S/C14H19ClN2O3S/c1-9-6-10(2)14(12(15)7-9)16-13(18)8-17(11-4-5-11)21(3,19)20/h6-7,11H,4-5,8H2,1-3H3,(H,16,18). The number of nitrogens with one attached hydrogen (secondary N) is 1. The Kier molecular flexibility index (Phi) is 4.60. The summed E-state index contributed by atoms with van der Waals surface area (Å²) in [6.45, 7) is 3.60. The molecule has 0 atom stereocenters. The Morgan fingerprint density at radius 2 is 2.00 bits per heavy atom. The van der Waals surface area contributed by atoms with Crippen LogP contribution in [0.5, 0.6) is 0 Å². The number of amides is 1. The Hall–Kier alpha value is -1.11. The van der Waals surface area contributed by atoms with E-state index in [4.69, 9.17) is 11.6 Å². The first kappa shape index (κ1) is 16.3. The fraction of sp³-hybridized carbons (Fsp3) is 0.500. The molecule has 0 aromatic heterocycles. The Balaban J connectivity index is 2.12. The van der Waals surface area contributed by atoms with E-state index in [0.29, 0.717) is 10.7 Å². The summed E-state index contributed by atoms with van der Waals surface area (Å²) < 4.78 is 24.6. The molecule has 1 aromatic carbocycles. The third-order valence-electron chi connectivity index (χ3n) is 3.38. The van der Waals surface area contributed by atoms with E-state index in [2.05, 4.69) is 5.32 Å². The molecule has 116 valence electrons. The Labute approximate surface area is 130 Å². The largest absolute Gasteiger partial charge is 0.323 e. The van der Waals surface area contributed by atoms with Gasteiger partial charge in [0.15, 0.2) is 0 Å². The monoisotopic (exact) mass is 330 g/mol. The number of anilines is 1. The second-order valence-corrected chi connectivity index (χ2v) is 7.87. The van der Waals surface area contributed by atoms with E-state index in [0.717, 1.165) is 30.2 Å². The maximum Gasteiger partial charge on any atom is 0.239 e. The lowest BCUT2D eigenvalue weighted by atomic mass is 10.1. The second kappa shape index (κ2) is 5.94. The van der Waals surface area contributed by atoms with Crippen LogP contribution in [0.1, 0.15) is 24.0 Å². The lowest BCUT2D eigenvalue weighted by Crippen LogP contribution is -2.39. The summed E-state index contributed by atoms with van der Waals surface area (Å²) in [5.74, 6) is -0.374. The van der Waals surface area contributed by atoms with Crippen molar-refractivity contribution in [2.45, 2.75) is 32.7 Å². The molecule has 0 spiro atoms. The van der Waals surface area contributed by atoms with Gasteiger partial charge >= 0.3 is 0 Å². The zero-order chi connectivity index (χ0) is 15.8. The van der Waals surface area contributed by atoms with Crippen molar-refractivity contribution in [3.05, 3.63) is 28.3 Å². The molecule has 2 rings (SSSR count). The van der Waals surface area contributed by atoms with Gasteiger partial charge in [-0.05, 0) is 43.9 Å². The van der Waals surface area contributed by atoms with Gasteiger partial charge in [0.25, 0.3) is 0 Å². The van der Waals surface area contributed by atoms with E-state index in [1.165, 1.54) is 4.31 Å². The Morgan fingerprint density at radius 3 is 2.48 bits per heavy atom. The van der Waals surface area contributed by atoms with Gasteiger partial charge in [0.1, 0.15) is 0 Å². The quantitative estimate of drug-likeness (QED) is 0.901. The number of halogens is 1. The molecule has 0 saturated heterocycles. The molecule has 0 radical (unpaired) electrons. The molecule has 1 aliphatic carbocycles. The average Bonchev–Trinajstić information content (AvgIpc) is 3.13. The van der Waals surface area contributed by atoms with Crippen LogP contribution in [0.3, 0.4) is 0 Å². The van der Waals surface area contributed by atoms with Crippen LogP contribution in [0, 0.1) is 13.8 Å². The van der Waals surface area contributed by atoms with Crippen LogP contribution in [0.25, 0.3) is 0 Å². The van der Waals surface area contributed by atoms with Crippen LogP contribution in [0.15, 0.2) is 12.1 Å². The van der Waals surface area contributed by atoms with Gasteiger partial charge in [-0.3, -0.25) is 4.79 Å². The maximum atomic E-state index is 12.1. The van der Waals surface area contributed by atoms with Gasteiger partial charge in [-0.2, -0.15) is 4.31 Å². The second-order valence-electron chi connectivity index (χ2n) is 5.53. The molecule has 7 heteroatoms. The third-order valence-corrected chi connectivity index (χ3v) is 4.95. The normalized spacial score (nSPS) is 15.3. The molecular formula is C14H19ClN2O3S. The van der Waals surface area contributed by atoms with E-state index in [1.807, 2.05) is 19.9 Å². The highest BCUT2D eigenvalue weighted by Gasteiger charge is 2.36. The third kappa shape index (κ3) is 4.18. The van der Waals surface area contributed by atoms with Crippen molar-refractivity contribution < 1.29 is 13.2 Å². The lowest BCUT2D eigenvalue weighted by Gasteiger charge is -2.19. The molecular weight excluding hydrogens is 312 g/mol. The molecule has 0 heterocycles. The zero-order valence-electron chi connectivity index (χ0n) is 12.3. The van der Waals surface area contributed by atoms with Crippen molar-refractivity contribution in [2.75, 3.05) is 18.1 Å². The molecule has 21 heavy (non-hydrogen) atoms. The zero-order valence-corrected chi connectivity index (χ0v) is 13.9. The van der Waals surface area contributed by atoms with Crippen LogP contribution in [-0.2, 0) is 14.8 Å². The molecule has 1 aliphatic rings. The molecule has 1 saturated carbocycles. The predicted molar refractivity (Wildman–Crippen MR) is 84.1 cm³/mol. The van der Waals surface area contributed by atoms with Gasteiger partial charge < -0.3 is 5.32 Å². The highest BCUT2D eigenvalue weighted by atomic mass is 35.5. The van der Waals surface area contributed by atoms with Crippen LogP contribution in [0.2, 0.25) is 5.02 Å². The number of hydrogen-bond acceptors (Lipinski definition) is 3. The molecule has 1 fully saturated rings. The van der Waals surface area contributed by atoms with Gasteiger partial charge in [-0.25, -0.2) is 8.42 Å². The smallest absolute Gasteiger partial charge is 0.239 e. The van der Waals surface area contributed by atoms with E-state index < -0.39 is 10.0 Å². The van der Waals surface area contributed by atoms with Crippen molar-refractivity contribution >= 4 is 33.2 Å². The number of sulfonamides is 1. The number of hydrogen-bond donors (Lipinski definition) is 1. The summed E-state index contributed by atoms with van der Waals surface area (Å²) in [6, 6.07) is 3.64. The molecule has 5 nitrogen and oxygen atoms in total. The minimum atomic E-state index is -3.38. The first-order chi connectivity index (χ1) is 9.68. The van der Waals surface area contributed by atoms with Crippen molar-refractivity contribution in [2.24, 2.45) is 0 Å². The number of benzene rings is 1. The topological polar surface area (TPSA) is 66.5 Å². The van der Waals surface area contributed by atoms with Crippen LogP contribution < -0.4 is 5.32 Å². The number of carbonyl (C=O) groups is 1. The van der Waals surface area contributed by atoms with E-state index in [9.17, 15) is 13.2 Å². The molecule has 0 aliphatic heterocycles. The molecule has 0 unspecified atom stereocenters. The maximum absolute atomic E-state index is 12.1. The van der Waals surface area contributed by atoms with Crippen molar-refractivity contribution in [3.63, 3.8) is 0 Å². The first-order valence-corrected chi connectivity index (χ1v) is 8.94. The van der Waals surface area contributed by atoms with Crippen molar-refractivity contribution in [1.29, 1.82) is 0 Å². The van der Waals surface area contributed by atoms with Crippen LogP contribution >= 0.6 is 11.6 Å². The highest BCUT2D eigenvalue weighted by molar-refractivity contribution is 7.88. The summed E-state index contributed by atoms with van der Waals surface area (Å²) in [4.78, 5) is 12.1. The Morgan fingerprint density at radius 1 is 1.38 bits per heavy atom. The van der Waals surface area contributed by atoms with Gasteiger partial charge in [0.05, 0.1) is 23.5 Å². The van der Waals surface area contributed by atoms with E-state index >= 15 is 0 Å². The van der Waals surface area contributed by atoms with E-state index in [-0.39, 0.29) is 18.5 Å². The van der Waals surface area contributed by atoms with Crippen LogP contribution in [0.4, 0.5) is 5.69 Å². The molecule has 1 amide bonds. The van der Waals surface area contributed by atoms with Gasteiger partial charge in [0.2, 0.25) is 15.9 Å².